The fraction of sp³-hybridized carbons (Fsp3) is 0.167. The second-order valence-corrected chi connectivity index (χ2v) is 7.85. The maximum Gasteiger partial charge on any atom is 0.303 e. The Hall–Kier alpha value is -2.64. The van der Waals surface area contributed by atoms with Crippen molar-refractivity contribution in [1.29, 1.82) is 0 Å². The van der Waals surface area contributed by atoms with Gasteiger partial charge in [0, 0.05) is 32.7 Å². The van der Waals surface area contributed by atoms with Crippen LogP contribution in [0.4, 0.5) is 5.69 Å². The highest BCUT2D eigenvalue weighted by Crippen LogP contribution is 2.30. The van der Waals surface area contributed by atoms with Crippen molar-refractivity contribution in [2.75, 3.05) is 25.4 Å². The second kappa shape index (κ2) is 6.70. The highest BCUT2D eigenvalue weighted by molar-refractivity contribution is 7.90. The molecular formula is C18H19N3O3S. The van der Waals surface area contributed by atoms with Crippen LogP contribution in [0.2, 0.25) is 0 Å². The maximum atomic E-state index is 12.2. The quantitative estimate of drug-likeness (QED) is 0.703. The first-order valence-corrected chi connectivity index (χ1v) is 9.07. The lowest BCUT2D eigenvalue weighted by Gasteiger charge is -2.23. The second-order valence-electron chi connectivity index (χ2n) is 5.68. The van der Waals surface area contributed by atoms with E-state index in [-0.39, 0.29) is 0 Å². The molecule has 3 aromatic rings. The molecule has 6 nitrogen and oxygen atoms in total. The number of nitrogens with zero attached hydrogens (tertiary/aromatic N) is 3. The number of ether oxygens (including phenoxy) is 1. The third kappa shape index (κ3) is 3.42. The molecule has 0 radical (unpaired) electrons. The van der Waals surface area contributed by atoms with Gasteiger partial charge in [0.2, 0.25) is 0 Å². The van der Waals surface area contributed by atoms with Gasteiger partial charge in [-0.25, -0.2) is 0 Å². The number of aromatic nitrogens is 1. The highest BCUT2D eigenvalue weighted by Gasteiger charge is 2.20. The Morgan fingerprint density at radius 3 is 2.28 bits per heavy atom. The maximum absolute atomic E-state index is 12.2. The fourth-order valence-electron chi connectivity index (χ4n) is 2.39. The van der Waals surface area contributed by atoms with Crippen LogP contribution in [0, 0.1) is 0 Å². The average molecular weight is 357 g/mol. The molecule has 0 aliphatic heterocycles. The van der Waals surface area contributed by atoms with E-state index in [0.717, 1.165) is 10.9 Å². The first-order chi connectivity index (χ1) is 11.9. The summed E-state index contributed by atoms with van der Waals surface area (Å²) in [5.74, 6) is 1.32. The summed E-state index contributed by atoms with van der Waals surface area (Å²) in [4.78, 5) is 4.31. The molecule has 0 saturated heterocycles. The summed E-state index contributed by atoms with van der Waals surface area (Å²) in [6.45, 7) is 0. The molecular weight excluding hydrogens is 338 g/mol. The van der Waals surface area contributed by atoms with Gasteiger partial charge in [-0.1, -0.05) is 12.1 Å². The van der Waals surface area contributed by atoms with Crippen LogP contribution < -0.4 is 9.04 Å². The minimum absolute atomic E-state index is 0.556. The van der Waals surface area contributed by atoms with Gasteiger partial charge in [0.25, 0.3) is 0 Å². The number of hydrogen-bond donors (Lipinski definition) is 0. The van der Waals surface area contributed by atoms with Crippen LogP contribution in [0.25, 0.3) is 10.9 Å². The van der Waals surface area contributed by atoms with Crippen LogP contribution in [0.3, 0.4) is 0 Å². The summed E-state index contributed by atoms with van der Waals surface area (Å²) in [5, 5.41) is 0.918. The Morgan fingerprint density at radius 2 is 1.60 bits per heavy atom. The lowest BCUT2D eigenvalue weighted by atomic mass is 10.2. The van der Waals surface area contributed by atoms with Gasteiger partial charge in [0.05, 0.1) is 11.2 Å². The molecule has 0 aliphatic rings. The molecule has 0 bridgehead atoms. The fourth-order valence-corrected chi connectivity index (χ4v) is 3.27. The van der Waals surface area contributed by atoms with Crippen molar-refractivity contribution in [1.82, 2.24) is 9.29 Å². The van der Waals surface area contributed by atoms with E-state index in [4.69, 9.17) is 4.74 Å². The van der Waals surface area contributed by atoms with E-state index >= 15 is 0 Å². The molecule has 0 aliphatic carbocycles. The lowest BCUT2D eigenvalue weighted by Crippen LogP contribution is -2.37. The Morgan fingerprint density at radius 1 is 0.920 bits per heavy atom. The smallest absolute Gasteiger partial charge is 0.303 e. The van der Waals surface area contributed by atoms with Gasteiger partial charge in [-0.3, -0.25) is 9.29 Å². The molecule has 0 N–H and O–H groups in total. The number of pyridine rings is 1. The van der Waals surface area contributed by atoms with Crippen molar-refractivity contribution in [3.63, 3.8) is 0 Å². The zero-order valence-corrected chi connectivity index (χ0v) is 15.1. The predicted octanol–water partition coefficient (Wildman–Crippen LogP) is 3.27. The summed E-state index contributed by atoms with van der Waals surface area (Å²) in [5.41, 5.74) is 1.41. The van der Waals surface area contributed by atoms with E-state index < -0.39 is 10.2 Å². The number of para-hydroxylation sites is 1. The topological polar surface area (TPSA) is 62.7 Å². The predicted molar refractivity (Wildman–Crippen MR) is 99.3 cm³/mol. The molecule has 25 heavy (non-hydrogen) atoms. The average Bonchev–Trinajstić information content (AvgIpc) is 2.62. The van der Waals surface area contributed by atoms with Crippen molar-refractivity contribution in [3.8, 4) is 11.5 Å². The van der Waals surface area contributed by atoms with Crippen LogP contribution in [0.5, 0.6) is 11.5 Å². The van der Waals surface area contributed by atoms with Crippen molar-refractivity contribution in [2.24, 2.45) is 0 Å². The van der Waals surface area contributed by atoms with Crippen LogP contribution in [0.15, 0.2) is 60.8 Å². The standard InChI is InChI=1S/C18H19N3O3S/c1-20(2)25(22,23)21(3)14-8-10-15(11-9-14)24-18-12-13-19-17-7-5-4-6-16(17)18/h4-13H,1-3H3. The van der Waals surface area contributed by atoms with Gasteiger partial charge in [-0.05, 0) is 42.5 Å². The Bertz CT molecular complexity index is 981. The Labute approximate surface area is 147 Å². The molecule has 0 spiro atoms. The Kier molecular flexibility index (Phi) is 4.61. The zero-order chi connectivity index (χ0) is 18.0. The minimum atomic E-state index is -3.51. The molecule has 2 aromatic carbocycles. The highest BCUT2D eigenvalue weighted by atomic mass is 32.2. The van der Waals surface area contributed by atoms with Crippen molar-refractivity contribution in [3.05, 3.63) is 60.8 Å². The summed E-state index contributed by atoms with van der Waals surface area (Å²) in [6.07, 6.45) is 1.70. The number of fused-ring (bicyclic) bond motifs is 1. The minimum Gasteiger partial charge on any atom is -0.457 e. The van der Waals surface area contributed by atoms with Gasteiger partial charge in [0.1, 0.15) is 11.5 Å². The van der Waals surface area contributed by atoms with E-state index in [1.165, 1.54) is 29.8 Å². The normalized spacial score (nSPS) is 11.7. The third-order valence-corrected chi connectivity index (χ3v) is 5.67. The van der Waals surface area contributed by atoms with E-state index in [0.29, 0.717) is 17.2 Å². The van der Waals surface area contributed by atoms with Crippen LogP contribution in [0.1, 0.15) is 0 Å². The first-order valence-electron chi connectivity index (χ1n) is 7.67. The van der Waals surface area contributed by atoms with Gasteiger partial charge >= 0.3 is 10.2 Å². The summed E-state index contributed by atoms with van der Waals surface area (Å²) >= 11 is 0. The van der Waals surface area contributed by atoms with Gasteiger partial charge in [-0.15, -0.1) is 0 Å². The molecule has 7 heteroatoms. The SMILES string of the molecule is CN(C)S(=O)(=O)N(C)c1ccc(Oc2ccnc3ccccc23)cc1. The number of hydrogen-bond acceptors (Lipinski definition) is 4. The van der Waals surface area contributed by atoms with Crippen molar-refractivity contribution >= 4 is 26.8 Å². The zero-order valence-electron chi connectivity index (χ0n) is 14.2. The lowest BCUT2D eigenvalue weighted by molar-refractivity contribution is 0.488. The van der Waals surface area contributed by atoms with E-state index in [1.54, 1.807) is 36.5 Å². The van der Waals surface area contributed by atoms with Crippen LogP contribution in [-0.4, -0.2) is 38.9 Å². The Balaban J connectivity index is 1.86. The monoisotopic (exact) mass is 357 g/mol. The van der Waals surface area contributed by atoms with Gasteiger partial charge in [-0.2, -0.15) is 12.7 Å². The van der Waals surface area contributed by atoms with E-state index in [9.17, 15) is 8.42 Å². The molecule has 0 saturated carbocycles. The van der Waals surface area contributed by atoms with E-state index in [2.05, 4.69) is 4.98 Å². The molecule has 0 unspecified atom stereocenters. The number of anilines is 1. The molecule has 0 atom stereocenters. The molecule has 1 heterocycles. The molecule has 1 aromatic heterocycles. The number of benzene rings is 2. The molecule has 130 valence electrons. The molecule has 0 amide bonds. The largest absolute Gasteiger partial charge is 0.457 e. The summed E-state index contributed by atoms with van der Waals surface area (Å²) < 4.78 is 32.7. The van der Waals surface area contributed by atoms with Gasteiger partial charge < -0.3 is 4.74 Å². The van der Waals surface area contributed by atoms with Crippen molar-refractivity contribution in [2.45, 2.75) is 0 Å². The van der Waals surface area contributed by atoms with E-state index in [1.807, 2.05) is 24.3 Å². The molecule has 0 fully saturated rings. The van der Waals surface area contributed by atoms with Crippen LogP contribution >= 0.6 is 0 Å². The summed E-state index contributed by atoms with van der Waals surface area (Å²) in [7, 11) is 0.998. The van der Waals surface area contributed by atoms with Crippen molar-refractivity contribution < 1.29 is 13.2 Å². The third-order valence-electron chi connectivity index (χ3n) is 3.84. The molecule has 3 rings (SSSR count). The van der Waals surface area contributed by atoms with Crippen LogP contribution in [-0.2, 0) is 10.2 Å². The van der Waals surface area contributed by atoms with Gasteiger partial charge in [0.15, 0.2) is 0 Å². The summed E-state index contributed by atoms with van der Waals surface area (Å²) in [6, 6.07) is 16.4. The first kappa shape index (κ1) is 17.2. The number of rotatable bonds is 5.